The van der Waals surface area contributed by atoms with E-state index in [1.54, 1.807) is 6.07 Å². The molecule has 1 aliphatic heterocycles. The van der Waals surface area contributed by atoms with E-state index >= 15 is 0 Å². The Morgan fingerprint density at radius 2 is 2.06 bits per heavy atom. The minimum Gasteiger partial charge on any atom is -0.447 e. The quantitative estimate of drug-likeness (QED) is 0.812. The van der Waals surface area contributed by atoms with Crippen LogP contribution < -0.4 is 10.5 Å². The van der Waals surface area contributed by atoms with Crippen molar-refractivity contribution in [1.82, 2.24) is 4.72 Å². The summed E-state index contributed by atoms with van der Waals surface area (Å²) in [7, 11) is -3.56. The van der Waals surface area contributed by atoms with Crippen LogP contribution in [0.4, 0.5) is 0 Å². The second kappa shape index (κ2) is 5.83. The molecule has 102 valence electrons. The first kappa shape index (κ1) is 13.5. The summed E-state index contributed by atoms with van der Waals surface area (Å²) in [6, 6.07) is 3.00. The number of furan rings is 1. The molecular weight excluding hydrogens is 256 g/mol. The molecule has 2 rings (SSSR count). The summed E-state index contributed by atoms with van der Waals surface area (Å²) >= 11 is 0. The van der Waals surface area contributed by atoms with Gasteiger partial charge in [0.1, 0.15) is 5.76 Å². The van der Waals surface area contributed by atoms with Gasteiger partial charge in [-0.25, -0.2) is 13.1 Å². The fourth-order valence-corrected chi connectivity index (χ4v) is 2.92. The zero-order chi connectivity index (χ0) is 13.0. The number of nitrogens with two attached hydrogens (primary N) is 1. The molecule has 0 spiro atoms. The van der Waals surface area contributed by atoms with E-state index in [4.69, 9.17) is 14.9 Å². The van der Waals surface area contributed by atoms with Crippen molar-refractivity contribution in [2.75, 3.05) is 19.8 Å². The molecular formula is C11H18N2O4S. The molecule has 0 amide bonds. The van der Waals surface area contributed by atoms with E-state index < -0.39 is 10.0 Å². The Labute approximate surface area is 107 Å². The van der Waals surface area contributed by atoms with E-state index in [1.165, 1.54) is 6.07 Å². The third-order valence-corrected chi connectivity index (χ3v) is 4.30. The van der Waals surface area contributed by atoms with Gasteiger partial charge in [-0.3, -0.25) is 0 Å². The van der Waals surface area contributed by atoms with Gasteiger partial charge in [-0.15, -0.1) is 0 Å². The molecule has 0 radical (unpaired) electrons. The number of sulfonamides is 1. The third kappa shape index (κ3) is 3.32. The van der Waals surface area contributed by atoms with Crippen molar-refractivity contribution in [3.8, 4) is 0 Å². The normalized spacial score (nSPS) is 18.1. The second-order valence-electron chi connectivity index (χ2n) is 4.33. The van der Waals surface area contributed by atoms with Gasteiger partial charge in [0.15, 0.2) is 0 Å². The van der Waals surface area contributed by atoms with Gasteiger partial charge < -0.3 is 14.9 Å². The molecule has 2 heterocycles. The van der Waals surface area contributed by atoms with E-state index in [2.05, 4.69) is 4.72 Å². The molecule has 6 nitrogen and oxygen atoms in total. The van der Waals surface area contributed by atoms with Crippen LogP contribution in [0.25, 0.3) is 0 Å². The Morgan fingerprint density at radius 1 is 1.33 bits per heavy atom. The van der Waals surface area contributed by atoms with Crippen LogP contribution in [0.15, 0.2) is 21.6 Å². The lowest BCUT2D eigenvalue weighted by Crippen LogP contribution is -2.32. The molecule has 1 aromatic heterocycles. The molecule has 1 saturated heterocycles. The lowest BCUT2D eigenvalue weighted by atomic mass is 10.0. The van der Waals surface area contributed by atoms with Crippen molar-refractivity contribution in [2.45, 2.75) is 24.5 Å². The van der Waals surface area contributed by atoms with Crippen LogP contribution in [0.2, 0.25) is 0 Å². The Hall–Kier alpha value is -0.890. The van der Waals surface area contributed by atoms with Crippen LogP contribution in [-0.4, -0.2) is 28.2 Å². The van der Waals surface area contributed by atoms with Gasteiger partial charge in [0.25, 0.3) is 10.0 Å². The zero-order valence-electron chi connectivity index (χ0n) is 10.1. The highest BCUT2D eigenvalue weighted by atomic mass is 32.2. The van der Waals surface area contributed by atoms with Gasteiger partial charge in [-0.1, -0.05) is 0 Å². The molecule has 0 unspecified atom stereocenters. The topological polar surface area (TPSA) is 94.6 Å². The highest BCUT2D eigenvalue weighted by Crippen LogP contribution is 2.16. The van der Waals surface area contributed by atoms with Crippen LogP contribution in [-0.2, 0) is 21.3 Å². The molecule has 18 heavy (non-hydrogen) atoms. The average Bonchev–Trinajstić information content (AvgIpc) is 2.87. The van der Waals surface area contributed by atoms with E-state index in [-0.39, 0.29) is 11.6 Å². The molecule has 0 bridgehead atoms. The number of hydrogen-bond donors (Lipinski definition) is 2. The fraction of sp³-hybridized carbons (Fsp3) is 0.636. The Bertz CT molecular complexity index is 477. The fourth-order valence-electron chi connectivity index (χ4n) is 1.86. The van der Waals surface area contributed by atoms with Crippen molar-refractivity contribution in [3.05, 3.63) is 17.9 Å². The molecule has 3 N–H and O–H groups in total. The Morgan fingerprint density at radius 3 is 2.67 bits per heavy atom. The third-order valence-electron chi connectivity index (χ3n) is 3.01. The minimum absolute atomic E-state index is 0.0741. The lowest BCUT2D eigenvalue weighted by molar-refractivity contribution is 0.0678. The van der Waals surface area contributed by atoms with Gasteiger partial charge in [0, 0.05) is 19.8 Å². The van der Waals surface area contributed by atoms with Crippen molar-refractivity contribution in [3.63, 3.8) is 0 Å². The summed E-state index contributed by atoms with van der Waals surface area (Å²) in [4.78, 5) is 0. The van der Waals surface area contributed by atoms with Gasteiger partial charge >= 0.3 is 0 Å². The Balaban J connectivity index is 1.94. The van der Waals surface area contributed by atoms with E-state index in [0.717, 1.165) is 12.8 Å². The predicted octanol–water partition coefficient (Wildman–Crippen LogP) is 0.443. The largest absolute Gasteiger partial charge is 0.447 e. The Kier molecular flexibility index (Phi) is 4.39. The molecule has 0 aliphatic carbocycles. The highest BCUT2D eigenvalue weighted by molar-refractivity contribution is 7.89. The molecule has 1 fully saturated rings. The lowest BCUT2D eigenvalue weighted by Gasteiger charge is -2.21. The summed E-state index contributed by atoms with van der Waals surface area (Å²) in [5.41, 5.74) is 5.37. The zero-order valence-corrected chi connectivity index (χ0v) is 10.9. The van der Waals surface area contributed by atoms with Crippen molar-refractivity contribution in [1.29, 1.82) is 0 Å². The summed E-state index contributed by atoms with van der Waals surface area (Å²) in [6.07, 6.45) is 1.77. The van der Waals surface area contributed by atoms with Crippen LogP contribution in [0.5, 0.6) is 0 Å². The minimum atomic E-state index is -3.56. The van der Waals surface area contributed by atoms with Crippen LogP contribution in [0.1, 0.15) is 18.6 Å². The van der Waals surface area contributed by atoms with Gasteiger partial charge in [-0.05, 0) is 30.9 Å². The average molecular weight is 274 g/mol. The summed E-state index contributed by atoms with van der Waals surface area (Å²) in [5, 5.41) is -0.0741. The van der Waals surface area contributed by atoms with Crippen LogP contribution in [0, 0.1) is 5.92 Å². The standard InChI is InChI=1S/C11H18N2O4S/c12-7-10-1-2-11(17-10)18(14,15)13-8-9-3-5-16-6-4-9/h1-2,9,13H,3-8,12H2. The monoisotopic (exact) mass is 274 g/mol. The maximum absolute atomic E-state index is 11.9. The number of rotatable bonds is 5. The maximum atomic E-state index is 11.9. The maximum Gasteiger partial charge on any atom is 0.273 e. The smallest absolute Gasteiger partial charge is 0.273 e. The van der Waals surface area contributed by atoms with Crippen LogP contribution >= 0.6 is 0 Å². The first-order valence-corrected chi connectivity index (χ1v) is 7.46. The molecule has 0 aromatic carbocycles. The molecule has 0 atom stereocenters. The van der Waals surface area contributed by atoms with Crippen molar-refractivity contribution < 1.29 is 17.6 Å². The van der Waals surface area contributed by atoms with Gasteiger partial charge in [-0.2, -0.15) is 0 Å². The number of nitrogens with one attached hydrogen (secondary N) is 1. The van der Waals surface area contributed by atoms with E-state index in [1.807, 2.05) is 0 Å². The van der Waals surface area contributed by atoms with E-state index in [9.17, 15) is 8.42 Å². The first-order valence-electron chi connectivity index (χ1n) is 5.98. The van der Waals surface area contributed by atoms with Crippen LogP contribution in [0.3, 0.4) is 0 Å². The number of hydrogen-bond acceptors (Lipinski definition) is 5. The predicted molar refractivity (Wildman–Crippen MR) is 65.3 cm³/mol. The van der Waals surface area contributed by atoms with Gasteiger partial charge in [0.2, 0.25) is 5.09 Å². The molecule has 1 aromatic rings. The summed E-state index contributed by atoms with van der Waals surface area (Å²) < 4.78 is 36.8. The molecule has 1 aliphatic rings. The van der Waals surface area contributed by atoms with Crippen molar-refractivity contribution >= 4 is 10.0 Å². The molecule has 7 heteroatoms. The highest BCUT2D eigenvalue weighted by Gasteiger charge is 2.21. The SMILES string of the molecule is NCc1ccc(S(=O)(=O)NCC2CCOCC2)o1. The number of ether oxygens (including phenoxy) is 1. The summed E-state index contributed by atoms with van der Waals surface area (Å²) in [6.45, 7) is 2.01. The summed E-state index contributed by atoms with van der Waals surface area (Å²) in [5.74, 6) is 0.791. The van der Waals surface area contributed by atoms with Crippen molar-refractivity contribution in [2.24, 2.45) is 11.7 Å². The van der Waals surface area contributed by atoms with Gasteiger partial charge in [0.05, 0.1) is 6.54 Å². The second-order valence-corrected chi connectivity index (χ2v) is 6.03. The molecule has 0 saturated carbocycles. The van der Waals surface area contributed by atoms with E-state index in [0.29, 0.717) is 31.4 Å². The first-order chi connectivity index (χ1) is 8.62.